The van der Waals surface area contributed by atoms with E-state index in [0.717, 1.165) is 5.56 Å². The molecule has 4 heteroatoms. The minimum absolute atomic E-state index is 0.447. The molecule has 14 heavy (non-hydrogen) atoms. The number of benzene rings is 1. The highest BCUT2D eigenvalue weighted by Crippen LogP contribution is 2.19. The first-order chi connectivity index (χ1) is 6.66. The van der Waals surface area contributed by atoms with Crippen molar-refractivity contribution in [2.45, 2.75) is 6.04 Å². The van der Waals surface area contributed by atoms with Crippen LogP contribution in [0, 0.1) is 0 Å². The molecule has 74 valence electrons. The van der Waals surface area contributed by atoms with Crippen molar-refractivity contribution in [1.82, 2.24) is 5.06 Å². The Kier molecular flexibility index (Phi) is 3.25. The van der Waals surface area contributed by atoms with Crippen molar-refractivity contribution >= 4 is 6.03 Å². The highest BCUT2D eigenvalue weighted by atomic mass is 16.5. The van der Waals surface area contributed by atoms with Crippen LogP contribution < -0.4 is 5.73 Å². The van der Waals surface area contributed by atoms with Crippen LogP contribution in [0.1, 0.15) is 11.6 Å². The maximum absolute atomic E-state index is 10.7. The summed E-state index contributed by atoms with van der Waals surface area (Å²) in [6.07, 6.45) is 1.44. The summed E-state index contributed by atoms with van der Waals surface area (Å²) in [5.74, 6) is 0. The van der Waals surface area contributed by atoms with Crippen molar-refractivity contribution in [3.63, 3.8) is 0 Å². The van der Waals surface area contributed by atoms with Gasteiger partial charge < -0.3 is 5.73 Å². The van der Waals surface area contributed by atoms with Gasteiger partial charge >= 0.3 is 6.03 Å². The summed E-state index contributed by atoms with van der Waals surface area (Å²) in [7, 11) is 0. The molecule has 0 heterocycles. The molecule has 0 saturated carbocycles. The molecule has 0 aromatic heterocycles. The molecule has 0 aliphatic rings. The Balaban J connectivity index is 2.93. The number of nitrogens with two attached hydrogens (primary N) is 1. The van der Waals surface area contributed by atoms with Crippen molar-refractivity contribution in [3.8, 4) is 0 Å². The molecule has 0 saturated heterocycles. The monoisotopic (exact) mass is 192 g/mol. The lowest BCUT2D eigenvalue weighted by Crippen LogP contribution is -2.35. The number of hydroxylamine groups is 2. The number of hydrogen-bond acceptors (Lipinski definition) is 2. The summed E-state index contributed by atoms with van der Waals surface area (Å²) >= 11 is 0. The summed E-state index contributed by atoms with van der Waals surface area (Å²) in [6.45, 7) is 3.53. The molecule has 4 nitrogen and oxygen atoms in total. The molecule has 2 amide bonds. The molecule has 1 rings (SSSR count). The summed E-state index contributed by atoms with van der Waals surface area (Å²) in [4.78, 5) is 10.7. The van der Waals surface area contributed by atoms with Crippen molar-refractivity contribution < 1.29 is 10.0 Å². The maximum atomic E-state index is 10.7. The van der Waals surface area contributed by atoms with Gasteiger partial charge in [-0.3, -0.25) is 5.21 Å². The molecule has 1 unspecified atom stereocenters. The number of amides is 2. The van der Waals surface area contributed by atoms with Gasteiger partial charge in [0.1, 0.15) is 6.04 Å². The Morgan fingerprint density at radius 1 is 1.50 bits per heavy atom. The zero-order valence-corrected chi connectivity index (χ0v) is 7.63. The van der Waals surface area contributed by atoms with E-state index < -0.39 is 12.1 Å². The topological polar surface area (TPSA) is 66.6 Å². The van der Waals surface area contributed by atoms with Crippen LogP contribution in [0.15, 0.2) is 43.0 Å². The van der Waals surface area contributed by atoms with Gasteiger partial charge in [-0.2, -0.15) is 5.06 Å². The molecular weight excluding hydrogens is 180 g/mol. The van der Waals surface area contributed by atoms with Gasteiger partial charge in [-0.05, 0) is 5.56 Å². The van der Waals surface area contributed by atoms with Crippen LogP contribution in [0.5, 0.6) is 0 Å². The van der Waals surface area contributed by atoms with Gasteiger partial charge in [-0.15, -0.1) is 6.58 Å². The maximum Gasteiger partial charge on any atom is 0.339 e. The molecule has 1 aromatic rings. The second-order valence-electron chi connectivity index (χ2n) is 2.77. The van der Waals surface area contributed by atoms with Crippen LogP contribution in [0.3, 0.4) is 0 Å². The summed E-state index contributed by atoms with van der Waals surface area (Å²) in [5.41, 5.74) is 5.69. The zero-order valence-electron chi connectivity index (χ0n) is 7.63. The molecule has 0 radical (unpaired) electrons. The summed E-state index contributed by atoms with van der Waals surface area (Å²) in [6, 6.07) is 7.50. The largest absolute Gasteiger partial charge is 0.350 e. The van der Waals surface area contributed by atoms with Gasteiger partial charge in [0.2, 0.25) is 0 Å². The number of hydrogen-bond donors (Lipinski definition) is 2. The first-order valence-corrected chi connectivity index (χ1v) is 4.12. The fraction of sp³-hybridized carbons (Fsp3) is 0.100. The van der Waals surface area contributed by atoms with Crippen molar-refractivity contribution in [3.05, 3.63) is 48.6 Å². The third-order valence-corrected chi connectivity index (χ3v) is 1.85. The third kappa shape index (κ3) is 2.11. The van der Waals surface area contributed by atoms with E-state index in [1.54, 1.807) is 24.3 Å². The van der Waals surface area contributed by atoms with Crippen LogP contribution in [-0.4, -0.2) is 16.3 Å². The predicted octanol–water partition coefficient (Wildman–Crippen LogP) is 1.68. The Labute approximate surface area is 82.2 Å². The Morgan fingerprint density at radius 3 is 2.50 bits per heavy atom. The first-order valence-electron chi connectivity index (χ1n) is 4.12. The molecule has 0 bridgehead atoms. The van der Waals surface area contributed by atoms with E-state index in [9.17, 15) is 10.0 Å². The third-order valence-electron chi connectivity index (χ3n) is 1.85. The van der Waals surface area contributed by atoms with E-state index >= 15 is 0 Å². The lowest BCUT2D eigenvalue weighted by molar-refractivity contribution is -0.0623. The number of primary amides is 1. The quantitative estimate of drug-likeness (QED) is 0.434. The van der Waals surface area contributed by atoms with E-state index in [1.807, 2.05) is 6.07 Å². The zero-order chi connectivity index (χ0) is 10.6. The average molecular weight is 192 g/mol. The summed E-state index contributed by atoms with van der Waals surface area (Å²) < 4.78 is 0. The van der Waals surface area contributed by atoms with Gasteiger partial charge in [0.05, 0.1) is 0 Å². The predicted molar refractivity (Wildman–Crippen MR) is 52.6 cm³/mol. The molecule has 3 N–H and O–H groups in total. The van der Waals surface area contributed by atoms with E-state index in [4.69, 9.17) is 5.73 Å². The van der Waals surface area contributed by atoms with Gasteiger partial charge in [-0.1, -0.05) is 36.4 Å². The number of urea groups is 1. The Hall–Kier alpha value is -1.81. The Bertz CT molecular complexity index is 324. The SMILES string of the molecule is C=CC(c1ccccc1)N(O)C(N)=O. The second-order valence-corrected chi connectivity index (χ2v) is 2.77. The smallest absolute Gasteiger partial charge is 0.339 e. The van der Waals surface area contributed by atoms with Crippen LogP contribution >= 0.6 is 0 Å². The second kappa shape index (κ2) is 4.43. The first kappa shape index (κ1) is 10.3. The molecule has 0 aliphatic heterocycles. The minimum atomic E-state index is -0.904. The highest BCUT2D eigenvalue weighted by molar-refractivity contribution is 5.71. The normalized spacial score (nSPS) is 11.8. The fourth-order valence-electron chi connectivity index (χ4n) is 1.16. The van der Waals surface area contributed by atoms with Gasteiger partial charge in [0.15, 0.2) is 0 Å². The number of nitrogens with zero attached hydrogens (tertiary/aromatic N) is 1. The Morgan fingerprint density at radius 2 is 2.07 bits per heavy atom. The molecule has 1 atom stereocenters. The van der Waals surface area contributed by atoms with Gasteiger partial charge in [0.25, 0.3) is 0 Å². The number of rotatable bonds is 3. The molecular formula is C10H12N2O2. The van der Waals surface area contributed by atoms with Crippen LogP contribution in [0.25, 0.3) is 0 Å². The molecule has 1 aromatic carbocycles. The van der Waals surface area contributed by atoms with E-state index in [-0.39, 0.29) is 0 Å². The highest BCUT2D eigenvalue weighted by Gasteiger charge is 2.17. The van der Waals surface area contributed by atoms with Crippen molar-refractivity contribution in [1.29, 1.82) is 0 Å². The number of carbonyl (C=O) groups excluding carboxylic acids is 1. The van der Waals surface area contributed by atoms with Crippen molar-refractivity contribution in [2.75, 3.05) is 0 Å². The van der Waals surface area contributed by atoms with Crippen LogP contribution in [0.2, 0.25) is 0 Å². The average Bonchev–Trinajstić information content (AvgIpc) is 2.20. The lowest BCUT2D eigenvalue weighted by Gasteiger charge is -2.21. The molecule has 0 fully saturated rings. The fourth-order valence-corrected chi connectivity index (χ4v) is 1.16. The van der Waals surface area contributed by atoms with E-state index in [0.29, 0.717) is 5.06 Å². The van der Waals surface area contributed by atoms with Gasteiger partial charge in [-0.25, -0.2) is 4.79 Å². The van der Waals surface area contributed by atoms with Crippen molar-refractivity contribution in [2.24, 2.45) is 5.73 Å². The summed E-state index contributed by atoms with van der Waals surface area (Å²) in [5, 5.41) is 9.77. The van der Waals surface area contributed by atoms with E-state index in [1.165, 1.54) is 6.08 Å². The van der Waals surface area contributed by atoms with Gasteiger partial charge in [0, 0.05) is 0 Å². The number of carbonyl (C=O) groups is 1. The van der Waals surface area contributed by atoms with E-state index in [2.05, 4.69) is 6.58 Å². The molecule has 0 spiro atoms. The molecule has 0 aliphatic carbocycles. The van der Waals surface area contributed by atoms with Crippen LogP contribution in [-0.2, 0) is 0 Å². The standard InChI is InChI=1S/C10H12N2O2/c1-2-9(12(14)10(11)13)8-6-4-3-5-7-8/h2-7,9,14H,1H2,(H2,11,13). The van der Waals surface area contributed by atoms with Crippen LogP contribution in [0.4, 0.5) is 4.79 Å². The lowest BCUT2D eigenvalue weighted by atomic mass is 10.1. The minimum Gasteiger partial charge on any atom is -0.350 e.